The summed E-state index contributed by atoms with van der Waals surface area (Å²) in [6.45, 7) is 1.53. The lowest BCUT2D eigenvalue weighted by molar-refractivity contribution is -0.167. The van der Waals surface area contributed by atoms with Crippen molar-refractivity contribution in [1.29, 1.82) is 0 Å². The van der Waals surface area contributed by atoms with Gasteiger partial charge in [-0.1, -0.05) is 35.9 Å². The molecule has 0 spiro atoms. The Hall–Kier alpha value is -2.20. The second kappa shape index (κ2) is 12.8. The molecule has 2 fully saturated rings. The standard InChI is InChI=1S/C29H39ClN2O6/c1-36-13-4-3-11-29(35,22-9-6-10-23(30)27(22)19-7-5-8-21(15-19)37-2)26-18-32(12-14-38-26)28(34)20-16-24(31)25(33)17-20/h5-10,15,20,24-26,33,35H,3-4,11-14,16-18,31H2,1-2H3/t20-,24+,25-,26+,29-/m0/s1. The highest BCUT2D eigenvalue weighted by atomic mass is 35.5. The molecule has 0 aromatic heterocycles. The Labute approximate surface area is 229 Å². The third-order valence-electron chi connectivity index (χ3n) is 7.83. The predicted octanol–water partition coefficient (Wildman–Crippen LogP) is 3.35. The van der Waals surface area contributed by atoms with Crippen LogP contribution in [0.5, 0.6) is 5.75 Å². The minimum absolute atomic E-state index is 0.0499. The zero-order valence-corrected chi connectivity index (χ0v) is 22.9. The first kappa shape index (κ1) is 28.8. The monoisotopic (exact) mass is 546 g/mol. The van der Waals surface area contributed by atoms with E-state index < -0.39 is 23.9 Å². The number of aliphatic hydroxyl groups excluding tert-OH is 1. The topological polar surface area (TPSA) is 114 Å². The first-order valence-electron chi connectivity index (χ1n) is 13.3. The van der Waals surface area contributed by atoms with Crippen LogP contribution < -0.4 is 10.5 Å². The largest absolute Gasteiger partial charge is 0.497 e. The van der Waals surface area contributed by atoms with Crippen LogP contribution in [0.15, 0.2) is 42.5 Å². The number of benzene rings is 2. The normalized spacial score (nSPS) is 25.3. The number of hydrogen-bond acceptors (Lipinski definition) is 7. The first-order chi connectivity index (χ1) is 18.3. The molecule has 2 aromatic rings. The van der Waals surface area contributed by atoms with Gasteiger partial charge >= 0.3 is 0 Å². The van der Waals surface area contributed by atoms with Crippen LogP contribution in [0.1, 0.15) is 37.7 Å². The van der Waals surface area contributed by atoms with Gasteiger partial charge in [-0.25, -0.2) is 0 Å². The van der Waals surface area contributed by atoms with E-state index in [0.717, 1.165) is 12.0 Å². The highest BCUT2D eigenvalue weighted by Crippen LogP contribution is 2.43. The summed E-state index contributed by atoms with van der Waals surface area (Å²) in [5.74, 6) is 0.304. The zero-order chi connectivity index (χ0) is 27.3. The summed E-state index contributed by atoms with van der Waals surface area (Å²) in [6, 6.07) is 12.7. The lowest BCUT2D eigenvalue weighted by Gasteiger charge is -2.44. The fraction of sp³-hybridized carbons (Fsp3) is 0.552. The lowest BCUT2D eigenvalue weighted by Crippen LogP contribution is -2.55. The van der Waals surface area contributed by atoms with Crippen LogP contribution in [0.3, 0.4) is 0 Å². The number of aliphatic hydroxyl groups is 2. The highest BCUT2D eigenvalue weighted by molar-refractivity contribution is 6.33. The minimum Gasteiger partial charge on any atom is -0.497 e. The molecular formula is C29H39ClN2O6. The molecule has 2 aromatic carbocycles. The summed E-state index contributed by atoms with van der Waals surface area (Å²) in [6.07, 6.45) is 1.32. The fourth-order valence-electron chi connectivity index (χ4n) is 5.71. The number of nitrogens with two attached hydrogens (primary N) is 1. The summed E-state index contributed by atoms with van der Waals surface area (Å²) in [5.41, 5.74) is 6.72. The molecule has 0 unspecified atom stereocenters. The van der Waals surface area contributed by atoms with Crippen molar-refractivity contribution in [2.75, 3.05) is 40.5 Å². The van der Waals surface area contributed by atoms with E-state index in [4.69, 9.17) is 31.5 Å². The van der Waals surface area contributed by atoms with Gasteiger partial charge in [-0.2, -0.15) is 0 Å². The van der Waals surface area contributed by atoms with Gasteiger partial charge in [0.15, 0.2) is 0 Å². The molecule has 4 N–H and O–H groups in total. The molecule has 1 aliphatic carbocycles. The van der Waals surface area contributed by atoms with E-state index in [9.17, 15) is 15.0 Å². The molecule has 1 aliphatic heterocycles. The molecular weight excluding hydrogens is 508 g/mol. The molecule has 5 atom stereocenters. The van der Waals surface area contributed by atoms with E-state index in [-0.39, 0.29) is 18.4 Å². The van der Waals surface area contributed by atoms with Crippen molar-refractivity contribution in [3.8, 4) is 16.9 Å². The van der Waals surface area contributed by atoms with Gasteiger partial charge in [0.2, 0.25) is 5.91 Å². The number of nitrogens with zero attached hydrogens (tertiary/aromatic N) is 1. The average molecular weight is 547 g/mol. The number of carbonyl (C=O) groups is 1. The number of rotatable bonds is 10. The maximum Gasteiger partial charge on any atom is 0.226 e. The number of halogens is 1. The van der Waals surface area contributed by atoms with Gasteiger partial charge in [0, 0.05) is 42.8 Å². The molecule has 1 saturated carbocycles. The summed E-state index contributed by atoms with van der Waals surface area (Å²) in [7, 11) is 3.26. The molecule has 1 amide bonds. The van der Waals surface area contributed by atoms with Crippen LogP contribution in [0.2, 0.25) is 5.02 Å². The SMILES string of the molecule is COCCCC[C@](O)(c1cccc(Cl)c1-c1cccc(OC)c1)[C@H]1CN(C(=O)[C@H]2C[C@@H](N)[C@@H](O)C2)CCO1. The van der Waals surface area contributed by atoms with Crippen LogP contribution in [-0.2, 0) is 19.9 Å². The second-order valence-corrected chi connectivity index (χ2v) is 10.7. The average Bonchev–Trinajstić information content (AvgIpc) is 3.28. The Morgan fingerprint density at radius 1 is 1.21 bits per heavy atom. The van der Waals surface area contributed by atoms with E-state index in [1.807, 2.05) is 36.4 Å². The Kier molecular flexibility index (Phi) is 9.68. The van der Waals surface area contributed by atoms with Gasteiger partial charge < -0.3 is 35.1 Å². The fourth-order valence-corrected chi connectivity index (χ4v) is 6.00. The molecule has 9 heteroatoms. The van der Waals surface area contributed by atoms with E-state index in [1.165, 1.54) is 0 Å². The van der Waals surface area contributed by atoms with Crippen LogP contribution in [0, 0.1) is 5.92 Å². The summed E-state index contributed by atoms with van der Waals surface area (Å²) < 4.78 is 16.9. The molecule has 4 rings (SSSR count). The molecule has 8 nitrogen and oxygen atoms in total. The summed E-state index contributed by atoms with van der Waals surface area (Å²) in [5, 5.41) is 23.1. The summed E-state index contributed by atoms with van der Waals surface area (Å²) >= 11 is 6.77. The lowest BCUT2D eigenvalue weighted by atomic mass is 9.79. The number of amides is 1. The molecule has 2 aliphatic rings. The summed E-state index contributed by atoms with van der Waals surface area (Å²) in [4.78, 5) is 15.1. The minimum atomic E-state index is -1.43. The van der Waals surface area contributed by atoms with Gasteiger partial charge in [0.1, 0.15) is 17.5 Å². The van der Waals surface area contributed by atoms with E-state index in [2.05, 4.69) is 0 Å². The molecule has 38 heavy (non-hydrogen) atoms. The zero-order valence-electron chi connectivity index (χ0n) is 22.1. The van der Waals surface area contributed by atoms with Crippen LogP contribution >= 0.6 is 11.6 Å². The smallest absolute Gasteiger partial charge is 0.226 e. The third kappa shape index (κ3) is 6.17. The molecule has 0 radical (unpaired) electrons. The van der Waals surface area contributed by atoms with Gasteiger partial charge in [0.05, 0.1) is 26.4 Å². The van der Waals surface area contributed by atoms with Crippen molar-refractivity contribution in [1.82, 2.24) is 4.90 Å². The highest BCUT2D eigenvalue weighted by Gasteiger charge is 2.45. The number of unbranched alkanes of at least 4 members (excludes halogenated alkanes) is 1. The van der Waals surface area contributed by atoms with Crippen molar-refractivity contribution in [3.05, 3.63) is 53.1 Å². The van der Waals surface area contributed by atoms with E-state index >= 15 is 0 Å². The van der Waals surface area contributed by atoms with Crippen molar-refractivity contribution in [2.24, 2.45) is 11.7 Å². The Morgan fingerprint density at radius 2 is 2.00 bits per heavy atom. The molecule has 208 valence electrons. The number of ether oxygens (including phenoxy) is 3. The molecule has 1 saturated heterocycles. The van der Waals surface area contributed by atoms with E-state index in [1.54, 1.807) is 25.2 Å². The van der Waals surface area contributed by atoms with Crippen molar-refractivity contribution in [2.45, 2.75) is 56.0 Å². The Morgan fingerprint density at radius 3 is 2.71 bits per heavy atom. The molecule has 1 heterocycles. The quantitative estimate of drug-likeness (QED) is 0.391. The maximum absolute atomic E-state index is 13.4. The molecule has 0 bridgehead atoms. The Balaban J connectivity index is 1.69. The van der Waals surface area contributed by atoms with Crippen LogP contribution in [0.4, 0.5) is 0 Å². The van der Waals surface area contributed by atoms with Gasteiger partial charge in [0.25, 0.3) is 0 Å². The van der Waals surface area contributed by atoms with Gasteiger partial charge in [-0.05, 0) is 61.4 Å². The van der Waals surface area contributed by atoms with Crippen molar-refractivity contribution in [3.63, 3.8) is 0 Å². The first-order valence-corrected chi connectivity index (χ1v) is 13.6. The number of carbonyl (C=O) groups excluding carboxylic acids is 1. The number of hydrogen-bond donors (Lipinski definition) is 3. The van der Waals surface area contributed by atoms with Crippen LogP contribution in [0.25, 0.3) is 11.1 Å². The number of methoxy groups -OCH3 is 2. The third-order valence-corrected chi connectivity index (χ3v) is 8.15. The second-order valence-electron chi connectivity index (χ2n) is 10.3. The number of morpholine rings is 1. The van der Waals surface area contributed by atoms with Gasteiger partial charge in [-0.3, -0.25) is 4.79 Å². The predicted molar refractivity (Wildman–Crippen MR) is 146 cm³/mol. The maximum atomic E-state index is 13.4. The Bertz CT molecular complexity index is 1090. The van der Waals surface area contributed by atoms with Crippen LogP contribution in [-0.4, -0.2) is 79.8 Å². The van der Waals surface area contributed by atoms with Gasteiger partial charge in [-0.15, -0.1) is 0 Å². The van der Waals surface area contributed by atoms with Crippen molar-refractivity contribution < 1.29 is 29.2 Å². The van der Waals surface area contributed by atoms with E-state index in [0.29, 0.717) is 67.3 Å². The van der Waals surface area contributed by atoms with Crippen molar-refractivity contribution >= 4 is 17.5 Å².